The Morgan fingerprint density at radius 2 is 1.55 bits per heavy atom. The van der Waals surface area contributed by atoms with Gasteiger partial charge >= 0.3 is 0 Å². The van der Waals surface area contributed by atoms with Gasteiger partial charge in [-0.25, -0.2) is 0 Å². The molecule has 0 aromatic heterocycles. The number of rotatable bonds is 7. The van der Waals surface area contributed by atoms with E-state index >= 15 is 0 Å². The van der Waals surface area contributed by atoms with E-state index in [1.165, 1.54) is 41.5 Å². The van der Waals surface area contributed by atoms with Crippen molar-refractivity contribution in [3.8, 4) is 0 Å². The molecule has 0 nitrogen and oxygen atoms in total. The van der Waals surface area contributed by atoms with Crippen molar-refractivity contribution in [1.82, 2.24) is 0 Å². The minimum Gasteiger partial charge on any atom is -0.0698 e. The van der Waals surface area contributed by atoms with Gasteiger partial charge in [0.15, 0.2) is 0 Å². The molecule has 2 rings (SSSR count). The average molecular weight is 290 g/mol. The lowest BCUT2D eigenvalue weighted by atomic mass is 9.96. The summed E-state index contributed by atoms with van der Waals surface area (Å²) >= 11 is 0. The first-order valence-electron chi connectivity index (χ1n) is 8.25. The monoisotopic (exact) mass is 290 g/mol. The zero-order chi connectivity index (χ0) is 15.6. The van der Waals surface area contributed by atoms with E-state index < -0.39 is 0 Å². The standard InChI is InChI=1S/C22H26/c1-3-4-11-19(2)22(18-21-14-9-6-10-15-21)17-16-20-12-7-5-8-13-20/h5-10,12-17H,3-4,11,18H2,1-2H3/b17-16+,22-19-. The van der Waals surface area contributed by atoms with Crippen molar-refractivity contribution in [2.45, 2.75) is 39.5 Å². The molecule has 0 saturated carbocycles. The van der Waals surface area contributed by atoms with Crippen LogP contribution < -0.4 is 0 Å². The van der Waals surface area contributed by atoms with Gasteiger partial charge in [-0.05, 0) is 42.9 Å². The van der Waals surface area contributed by atoms with E-state index in [0.717, 1.165) is 6.42 Å². The van der Waals surface area contributed by atoms with E-state index in [9.17, 15) is 0 Å². The summed E-state index contributed by atoms with van der Waals surface area (Å²) < 4.78 is 0. The van der Waals surface area contributed by atoms with Crippen molar-refractivity contribution in [2.75, 3.05) is 0 Å². The van der Waals surface area contributed by atoms with Gasteiger partial charge in [0.1, 0.15) is 0 Å². The highest BCUT2D eigenvalue weighted by molar-refractivity contribution is 5.53. The minimum atomic E-state index is 1.01. The van der Waals surface area contributed by atoms with Gasteiger partial charge in [0.2, 0.25) is 0 Å². The molecule has 0 aliphatic heterocycles. The molecule has 0 spiro atoms. The lowest BCUT2D eigenvalue weighted by molar-refractivity contribution is 0.780. The summed E-state index contributed by atoms with van der Waals surface area (Å²) in [6.45, 7) is 4.53. The molecule has 0 unspecified atom stereocenters. The van der Waals surface area contributed by atoms with Crippen LogP contribution in [0.1, 0.15) is 44.2 Å². The normalized spacial score (nSPS) is 12.5. The molecule has 2 aromatic rings. The molecule has 2 aromatic carbocycles. The molecular formula is C22H26. The highest BCUT2D eigenvalue weighted by Crippen LogP contribution is 2.19. The Bertz CT molecular complexity index is 603. The van der Waals surface area contributed by atoms with Crippen LogP contribution in [-0.4, -0.2) is 0 Å². The summed E-state index contributed by atoms with van der Waals surface area (Å²) in [4.78, 5) is 0. The third-order valence-electron chi connectivity index (χ3n) is 3.97. The smallest absolute Gasteiger partial charge is 0.00263 e. The molecule has 0 amide bonds. The van der Waals surface area contributed by atoms with Gasteiger partial charge in [0.05, 0.1) is 0 Å². The van der Waals surface area contributed by atoms with E-state index in [4.69, 9.17) is 0 Å². The first-order chi connectivity index (χ1) is 10.8. The Morgan fingerprint density at radius 1 is 0.909 bits per heavy atom. The van der Waals surface area contributed by atoms with E-state index in [2.05, 4.69) is 86.7 Å². The molecule has 0 heterocycles. The van der Waals surface area contributed by atoms with Crippen molar-refractivity contribution >= 4 is 6.08 Å². The summed E-state index contributed by atoms with van der Waals surface area (Å²) in [6, 6.07) is 21.3. The van der Waals surface area contributed by atoms with Crippen LogP contribution in [0, 0.1) is 0 Å². The van der Waals surface area contributed by atoms with Gasteiger partial charge in [-0.2, -0.15) is 0 Å². The van der Waals surface area contributed by atoms with Gasteiger partial charge in [0, 0.05) is 0 Å². The van der Waals surface area contributed by atoms with E-state index in [1.54, 1.807) is 0 Å². The molecular weight excluding hydrogens is 264 g/mol. The molecule has 0 bridgehead atoms. The van der Waals surface area contributed by atoms with Gasteiger partial charge in [-0.15, -0.1) is 0 Å². The first kappa shape index (κ1) is 16.3. The van der Waals surface area contributed by atoms with Crippen LogP contribution in [-0.2, 0) is 6.42 Å². The van der Waals surface area contributed by atoms with Gasteiger partial charge < -0.3 is 0 Å². The second-order valence-electron chi connectivity index (χ2n) is 5.82. The van der Waals surface area contributed by atoms with E-state index in [-0.39, 0.29) is 0 Å². The van der Waals surface area contributed by atoms with Crippen LogP contribution in [0.3, 0.4) is 0 Å². The molecule has 114 valence electrons. The quantitative estimate of drug-likeness (QED) is 0.514. The van der Waals surface area contributed by atoms with Gasteiger partial charge in [-0.3, -0.25) is 0 Å². The van der Waals surface area contributed by atoms with Crippen LogP contribution in [0.5, 0.6) is 0 Å². The highest BCUT2D eigenvalue weighted by atomic mass is 14.1. The average Bonchev–Trinajstić information content (AvgIpc) is 2.58. The van der Waals surface area contributed by atoms with Crippen LogP contribution in [0.25, 0.3) is 6.08 Å². The van der Waals surface area contributed by atoms with Crippen molar-refractivity contribution in [2.24, 2.45) is 0 Å². The largest absolute Gasteiger partial charge is 0.0698 e. The molecule has 22 heavy (non-hydrogen) atoms. The molecule has 0 N–H and O–H groups in total. The SMILES string of the molecule is CCCC/C(C)=C(/C=C/c1ccccc1)Cc1ccccc1. The van der Waals surface area contributed by atoms with Crippen molar-refractivity contribution in [1.29, 1.82) is 0 Å². The topological polar surface area (TPSA) is 0 Å². The Hall–Kier alpha value is -2.08. The van der Waals surface area contributed by atoms with E-state index in [0.29, 0.717) is 0 Å². The van der Waals surface area contributed by atoms with Crippen LogP contribution in [0.2, 0.25) is 0 Å². The summed E-state index contributed by atoms with van der Waals surface area (Å²) in [6.07, 6.45) is 9.25. The Kier molecular flexibility index (Phi) is 6.70. The summed E-state index contributed by atoms with van der Waals surface area (Å²) in [7, 11) is 0. The molecule has 0 radical (unpaired) electrons. The van der Waals surface area contributed by atoms with Crippen molar-refractivity contribution < 1.29 is 0 Å². The molecule has 0 saturated heterocycles. The van der Waals surface area contributed by atoms with Crippen LogP contribution in [0.4, 0.5) is 0 Å². The number of hydrogen-bond acceptors (Lipinski definition) is 0. The third-order valence-corrected chi connectivity index (χ3v) is 3.97. The molecule has 0 heteroatoms. The first-order valence-corrected chi connectivity index (χ1v) is 8.25. The minimum absolute atomic E-state index is 1.01. The summed E-state index contributed by atoms with van der Waals surface area (Å²) in [5, 5.41) is 0. The van der Waals surface area contributed by atoms with Gasteiger partial charge in [0.25, 0.3) is 0 Å². The Balaban J connectivity index is 2.19. The zero-order valence-electron chi connectivity index (χ0n) is 13.8. The fraction of sp³-hybridized carbons (Fsp3) is 0.273. The number of unbranched alkanes of at least 4 members (excludes halogenated alkanes) is 1. The number of allylic oxidation sites excluding steroid dienone is 3. The Morgan fingerprint density at radius 3 is 2.18 bits per heavy atom. The second kappa shape index (κ2) is 9.04. The third kappa shape index (κ3) is 5.37. The fourth-order valence-electron chi connectivity index (χ4n) is 2.53. The van der Waals surface area contributed by atoms with Crippen LogP contribution >= 0.6 is 0 Å². The van der Waals surface area contributed by atoms with Crippen molar-refractivity contribution in [3.05, 3.63) is 89.0 Å². The maximum atomic E-state index is 2.30. The maximum absolute atomic E-state index is 2.30. The highest BCUT2D eigenvalue weighted by Gasteiger charge is 2.02. The maximum Gasteiger partial charge on any atom is -0.00263 e. The summed E-state index contributed by atoms with van der Waals surface area (Å²) in [5.74, 6) is 0. The van der Waals surface area contributed by atoms with E-state index in [1.807, 2.05) is 0 Å². The Labute approximate surface area is 135 Å². The predicted octanol–water partition coefficient (Wildman–Crippen LogP) is 6.45. The number of benzene rings is 2. The molecule has 0 fully saturated rings. The molecule has 0 aliphatic carbocycles. The molecule has 0 atom stereocenters. The summed E-state index contributed by atoms with van der Waals surface area (Å²) in [5.41, 5.74) is 5.60. The molecule has 0 aliphatic rings. The second-order valence-corrected chi connectivity index (χ2v) is 5.82. The lowest BCUT2D eigenvalue weighted by Gasteiger charge is -2.09. The zero-order valence-corrected chi connectivity index (χ0v) is 13.8. The predicted molar refractivity (Wildman–Crippen MR) is 97.8 cm³/mol. The lowest BCUT2D eigenvalue weighted by Crippen LogP contribution is -1.93. The van der Waals surface area contributed by atoms with Gasteiger partial charge in [-0.1, -0.05) is 91.7 Å². The van der Waals surface area contributed by atoms with Crippen molar-refractivity contribution in [3.63, 3.8) is 0 Å². The van der Waals surface area contributed by atoms with Crippen LogP contribution in [0.15, 0.2) is 77.9 Å². The fourth-order valence-corrected chi connectivity index (χ4v) is 2.53. The number of hydrogen-bond donors (Lipinski definition) is 0.